The summed E-state index contributed by atoms with van der Waals surface area (Å²) in [6.07, 6.45) is 0.176. The lowest BCUT2D eigenvalue weighted by atomic mass is 9.91. The Labute approximate surface area is 121 Å². The summed E-state index contributed by atoms with van der Waals surface area (Å²) in [5.74, 6) is -0.198. The number of hydrogen-bond donors (Lipinski definition) is 1. The molecular formula is C16H16BrFO. The van der Waals surface area contributed by atoms with Crippen molar-refractivity contribution in [3.05, 3.63) is 69.9 Å². The van der Waals surface area contributed by atoms with Gasteiger partial charge in [0.15, 0.2) is 0 Å². The lowest BCUT2D eigenvalue weighted by Crippen LogP contribution is -2.12. The number of benzene rings is 2. The third kappa shape index (κ3) is 3.64. The molecule has 2 aromatic carbocycles. The van der Waals surface area contributed by atoms with E-state index in [0.29, 0.717) is 6.42 Å². The first-order chi connectivity index (χ1) is 9.08. The van der Waals surface area contributed by atoms with Crippen LogP contribution in [0.3, 0.4) is 0 Å². The SMILES string of the molecule is CC(Cc1ccc(F)cc1Br)C(O)c1ccccc1. The molecule has 2 unspecified atom stereocenters. The number of halogens is 2. The summed E-state index contributed by atoms with van der Waals surface area (Å²) in [6.45, 7) is 1.99. The van der Waals surface area contributed by atoms with E-state index >= 15 is 0 Å². The van der Waals surface area contributed by atoms with Crippen molar-refractivity contribution in [1.29, 1.82) is 0 Å². The zero-order chi connectivity index (χ0) is 13.8. The smallest absolute Gasteiger partial charge is 0.124 e. The maximum Gasteiger partial charge on any atom is 0.124 e. The molecule has 3 heteroatoms. The van der Waals surface area contributed by atoms with Crippen LogP contribution in [0.5, 0.6) is 0 Å². The molecule has 2 aromatic rings. The molecule has 100 valence electrons. The van der Waals surface area contributed by atoms with Crippen molar-refractivity contribution in [2.45, 2.75) is 19.4 Å². The lowest BCUT2D eigenvalue weighted by molar-refractivity contribution is 0.117. The summed E-state index contributed by atoms with van der Waals surface area (Å²) in [5, 5.41) is 10.3. The van der Waals surface area contributed by atoms with Gasteiger partial charge in [-0.2, -0.15) is 0 Å². The van der Waals surface area contributed by atoms with Gasteiger partial charge in [-0.05, 0) is 35.6 Å². The van der Waals surface area contributed by atoms with Crippen LogP contribution in [-0.4, -0.2) is 5.11 Å². The Morgan fingerprint density at radius 3 is 2.47 bits per heavy atom. The molecule has 2 rings (SSSR count). The van der Waals surface area contributed by atoms with E-state index in [1.807, 2.05) is 37.3 Å². The molecule has 0 saturated carbocycles. The van der Waals surface area contributed by atoms with Crippen molar-refractivity contribution in [1.82, 2.24) is 0 Å². The average Bonchev–Trinajstić information content (AvgIpc) is 2.42. The van der Waals surface area contributed by atoms with Crippen LogP contribution < -0.4 is 0 Å². The normalized spacial score (nSPS) is 14.1. The van der Waals surface area contributed by atoms with E-state index in [1.165, 1.54) is 12.1 Å². The predicted molar refractivity (Wildman–Crippen MR) is 78.4 cm³/mol. The Balaban J connectivity index is 2.10. The fraction of sp³-hybridized carbons (Fsp3) is 0.250. The van der Waals surface area contributed by atoms with E-state index in [2.05, 4.69) is 15.9 Å². The van der Waals surface area contributed by atoms with Gasteiger partial charge in [0.2, 0.25) is 0 Å². The molecule has 19 heavy (non-hydrogen) atoms. The van der Waals surface area contributed by atoms with E-state index in [0.717, 1.165) is 15.6 Å². The van der Waals surface area contributed by atoms with Gasteiger partial charge in [-0.3, -0.25) is 0 Å². The number of rotatable bonds is 4. The largest absolute Gasteiger partial charge is 0.388 e. The first-order valence-electron chi connectivity index (χ1n) is 6.25. The predicted octanol–water partition coefficient (Wildman–Crippen LogP) is 4.50. The quantitative estimate of drug-likeness (QED) is 0.878. The first kappa shape index (κ1) is 14.2. The van der Waals surface area contributed by atoms with Crippen LogP contribution >= 0.6 is 15.9 Å². The Bertz CT molecular complexity index is 542. The standard InChI is InChI=1S/C16H16BrFO/c1-11(16(19)12-5-3-2-4-6-12)9-13-7-8-14(18)10-15(13)17/h2-8,10-11,16,19H,9H2,1H3. The highest BCUT2D eigenvalue weighted by Crippen LogP contribution is 2.28. The summed E-state index contributed by atoms with van der Waals surface area (Å²) < 4.78 is 13.8. The van der Waals surface area contributed by atoms with Crippen LogP contribution in [0, 0.1) is 11.7 Å². The second kappa shape index (κ2) is 6.31. The molecule has 0 amide bonds. The van der Waals surface area contributed by atoms with Crippen molar-refractivity contribution < 1.29 is 9.50 Å². The topological polar surface area (TPSA) is 20.2 Å². The molecule has 1 nitrogen and oxygen atoms in total. The minimum absolute atomic E-state index is 0.0594. The zero-order valence-electron chi connectivity index (χ0n) is 10.7. The third-order valence-corrected chi connectivity index (χ3v) is 3.98. The summed E-state index contributed by atoms with van der Waals surface area (Å²) in [6, 6.07) is 14.3. The van der Waals surface area contributed by atoms with Gasteiger partial charge in [0.25, 0.3) is 0 Å². The van der Waals surface area contributed by atoms with E-state index < -0.39 is 6.10 Å². The number of aliphatic hydroxyl groups excluding tert-OH is 1. The van der Waals surface area contributed by atoms with Crippen molar-refractivity contribution in [3.63, 3.8) is 0 Å². The Morgan fingerprint density at radius 1 is 1.16 bits per heavy atom. The van der Waals surface area contributed by atoms with Gasteiger partial charge in [-0.15, -0.1) is 0 Å². The van der Waals surface area contributed by atoms with Crippen LogP contribution in [0.25, 0.3) is 0 Å². The Kier molecular flexibility index (Phi) is 4.72. The fourth-order valence-electron chi connectivity index (χ4n) is 2.12. The van der Waals surface area contributed by atoms with Crippen LogP contribution in [0.15, 0.2) is 53.0 Å². The van der Waals surface area contributed by atoms with Crippen LogP contribution in [0.1, 0.15) is 24.2 Å². The minimum atomic E-state index is -0.516. The maximum atomic E-state index is 13.0. The second-order valence-corrected chi connectivity index (χ2v) is 5.63. The molecule has 0 aliphatic heterocycles. The van der Waals surface area contributed by atoms with Crippen molar-refractivity contribution >= 4 is 15.9 Å². The van der Waals surface area contributed by atoms with Gasteiger partial charge in [-0.1, -0.05) is 59.3 Å². The zero-order valence-corrected chi connectivity index (χ0v) is 12.3. The summed E-state index contributed by atoms with van der Waals surface area (Å²) in [4.78, 5) is 0. The van der Waals surface area contributed by atoms with Crippen LogP contribution in [0.2, 0.25) is 0 Å². The summed E-state index contributed by atoms with van der Waals surface area (Å²) >= 11 is 3.36. The molecule has 0 aromatic heterocycles. The second-order valence-electron chi connectivity index (χ2n) is 4.77. The molecule has 2 atom stereocenters. The molecule has 0 aliphatic carbocycles. The maximum absolute atomic E-state index is 13.0. The van der Waals surface area contributed by atoms with Crippen LogP contribution in [-0.2, 0) is 6.42 Å². The van der Waals surface area contributed by atoms with Crippen LogP contribution in [0.4, 0.5) is 4.39 Å². The molecule has 0 bridgehead atoms. The third-order valence-electron chi connectivity index (χ3n) is 3.24. The highest BCUT2D eigenvalue weighted by molar-refractivity contribution is 9.10. The molecule has 0 radical (unpaired) electrons. The van der Waals surface area contributed by atoms with E-state index in [-0.39, 0.29) is 11.7 Å². The van der Waals surface area contributed by atoms with Gasteiger partial charge in [0, 0.05) is 4.47 Å². The minimum Gasteiger partial charge on any atom is -0.388 e. The van der Waals surface area contributed by atoms with Gasteiger partial charge < -0.3 is 5.11 Å². The first-order valence-corrected chi connectivity index (χ1v) is 7.04. The average molecular weight is 323 g/mol. The summed E-state index contributed by atoms with van der Waals surface area (Å²) in [5.41, 5.74) is 1.91. The van der Waals surface area contributed by atoms with Crippen molar-refractivity contribution in [2.75, 3.05) is 0 Å². The Morgan fingerprint density at radius 2 is 1.84 bits per heavy atom. The molecule has 0 saturated heterocycles. The molecule has 0 fully saturated rings. The van der Waals surface area contributed by atoms with Gasteiger partial charge in [0.1, 0.15) is 5.82 Å². The molecule has 0 spiro atoms. The summed E-state index contributed by atoms with van der Waals surface area (Å²) in [7, 11) is 0. The van der Waals surface area contributed by atoms with Gasteiger partial charge in [-0.25, -0.2) is 4.39 Å². The number of aliphatic hydroxyl groups is 1. The number of hydrogen-bond acceptors (Lipinski definition) is 1. The van der Waals surface area contributed by atoms with Gasteiger partial charge in [0.05, 0.1) is 6.10 Å². The molecular weight excluding hydrogens is 307 g/mol. The van der Waals surface area contributed by atoms with E-state index in [9.17, 15) is 9.50 Å². The van der Waals surface area contributed by atoms with E-state index in [1.54, 1.807) is 6.07 Å². The van der Waals surface area contributed by atoms with Gasteiger partial charge >= 0.3 is 0 Å². The fourth-order valence-corrected chi connectivity index (χ4v) is 2.64. The molecule has 0 aliphatic rings. The monoisotopic (exact) mass is 322 g/mol. The van der Waals surface area contributed by atoms with Crippen molar-refractivity contribution in [2.24, 2.45) is 5.92 Å². The lowest BCUT2D eigenvalue weighted by Gasteiger charge is -2.20. The Hall–Kier alpha value is -1.19. The molecule has 1 N–H and O–H groups in total. The molecule has 0 heterocycles. The van der Waals surface area contributed by atoms with E-state index in [4.69, 9.17) is 0 Å². The van der Waals surface area contributed by atoms with Crippen molar-refractivity contribution in [3.8, 4) is 0 Å². The highest BCUT2D eigenvalue weighted by atomic mass is 79.9. The highest BCUT2D eigenvalue weighted by Gasteiger charge is 2.17.